The topological polar surface area (TPSA) is 21.3 Å². The fourth-order valence-corrected chi connectivity index (χ4v) is 2.79. The molecule has 0 spiro atoms. The number of fused-ring (bicyclic) bond motifs is 1. The summed E-state index contributed by atoms with van der Waals surface area (Å²) in [6.45, 7) is 2.89. The van der Waals surface area contributed by atoms with Crippen molar-refractivity contribution in [2.75, 3.05) is 6.61 Å². The number of nitrogens with one attached hydrogen (secondary N) is 1. The van der Waals surface area contributed by atoms with Crippen molar-refractivity contribution in [3.63, 3.8) is 0 Å². The van der Waals surface area contributed by atoms with Gasteiger partial charge in [0.2, 0.25) is 0 Å². The van der Waals surface area contributed by atoms with Crippen molar-refractivity contribution in [1.82, 2.24) is 5.32 Å². The molecule has 1 aromatic carbocycles. The molecule has 3 rings (SSSR count). The van der Waals surface area contributed by atoms with Crippen LogP contribution in [-0.2, 0) is 0 Å². The lowest BCUT2D eigenvalue weighted by molar-refractivity contribution is 0.313. The van der Waals surface area contributed by atoms with Gasteiger partial charge in [-0.25, -0.2) is 0 Å². The van der Waals surface area contributed by atoms with Crippen LogP contribution in [0, 0.1) is 6.92 Å². The van der Waals surface area contributed by atoms with Gasteiger partial charge < -0.3 is 10.1 Å². The third kappa shape index (κ3) is 2.29. The van der Waals surface area contributed by atoms with Gasteiger partial charge in [-0.3, -0.25) is 0 Å². The maximum Gasteiger partial charge on any atom is 0.128 e. The first-order valence-electron chi connectivity index (χ1n) is 6.43. The number of halogens is 1. The number of benzene rings is 1. The first kappa shape index (κ1) is 11.4. The maximum absolute atomic E-state index is 6.37. The molecule has 1 aliphatic carbocycles. The SMILES string of the molecule is Cc1ccc(Cl)c2c1OCCCC2NC1CC1. The van der Waals surface area contributed by atoms with Crippen LogP contribution in [-0.4, -0.2) is 12.6 Å². The van der Waals surface area contributed by atoms with Crippen LogP contribution in [0.15, 0.2) is 12.1 Å². The lowest BCUT2D eigenvalue weighted by Crippen LogP contribution is -2.23. The van der Waals surface area contributed by atoms with Crippen molar-refractivity contribution >= 4 is 11.6 Å². The first-order valence-corrected chi connectivity index (χ1v) is 6.81. The minimum Gasteiger partial charge on any atom is -0.493 e. The highest BCUT2D eigenvalue weighted by Crippen LogP contribution is 2.40. The number of hydrogen-bond acceptors (Lipinski definition) is 2. The van der Waals surface area contributed by atoms with Crippen LogP contribution in [0.3, 0.4) is 0 Å². The summed E-state index contributed by atoms with van der Waals surface area (Å²) in [5.74, 6) is 1.01. The van der Waals surface area contributed by atoms with Gasteiger partial charge in [0.15, 0.2) is 0 Å². The zero-order valence-electron chi connectivity index (χ0n) is 10.1. The molecule has 1 aromatic rings. The summed E-state index contributed by atoms with van der Waals surface area (Å²) in [6, 6.07) is 5.10. The van der Waals surface area contributed by atoms with Crippen molar-refractivity contribution < 1.29 is 4.74 Å². The Bertz CT molecular complexity index is 428. The van der Waals surface area contributed by atoms with Crippen LogP contribution in [0.4, 0.5) is 0 Å². The van der Waals surface area contributed by atoms with Crippen LogP contribution in [0.5, 0.6) is 5.75 Å². The average Bonchev–Trinajstić information content (AvgIpc) is 3.12. The molecule has 1 fully saturated rings. The standard InChI is InChI=1S/C14H18ClNO/c1-9-4-7-11(15)13-12(16-10-5-6-10)3-2-8-17-14(9)13/h4,7,10,12,16H,2-3,5-6,8H2,1H3. The van der Waals surface area contributed by atoms with E-state index in [1.165, 1.54) is 24.0 Å². The van der Waals surface area contributed by atoms with Crippen molar-refractivity contribution in [3.05, 3.63) is 28.3 Å². The van der Waals surface area contributed by atoms with E-state index in [0.717, 1.165) is 30.2 Å². The highest BCUT2D eigenvalue weighted by atomic mass is 35.5. The lowest BCUT2D eigenvalue weighted by Gasteiger charge is -2.20. The molecule has 1 atom stereocenters. The van der Waals surface area contributed by atoms with E-state index in [1.54, 1.807) is 0 Å². The molecule has 1 heterocycles. The van der Waals surface area contributed by atoms with Gasteiger partial charge in [0.05, 0.1) is 6.61 Å². The molecule has 0 bridgehead atoms. The highest BCUT2D eigenvalue weighted by Gasteiger charge is 2.29. The highest BCUT2D eigenvalue weighted by molar-refractivity contribution is 6.31. The van der Waals surface area contributed by atoms with E-state index in [0.29, 0.717) is 12.1 Å². The molecule has 1 saturated carbocycles. The molecule has 0 radical (unpaired) electrons. The Labute approximate surface area is 107 Å². The minimum absolute atomic E-state index is 0.368. The van der Waals surface area contributed by atoms with E-state index in [4.69, 9.17) is 16.3 Å². The van der Waals surface area contributed by atoms with Gasteiger partial charge in [-0.1, -0.05) is 17.7 Å². The molecule has 1 aliphatic heterocycles. The molecular formula is C14H18ClNO. The Morgan fingerprint density at radius 1 is 1.29 bits per heavy atom. The normalized spacial score (nSPS) is 23.8. The van der Waals surface area contributed by atoms with Crippen LogP contribution in [0.1, 0.15) is 42.9 Å². The lowest BCUT2D eigenvalue weighted by atomic mass is 9.99. The van der Waals surface area contributed by atoms with Crippen molar-refractivity contribution in [2.45, 2.75) is 44.7 Å². The van der Waals surface area contributed by atoms with E-state index in [9.17, 15) is 0 Å². The van der Waals surface area contributed by atoms with Crippen LogP contribution < -0.4 is 10.1 Å². The van der Waals surface area contributed by atoms with Gasteiger partial charge in [0, 0.05) is 22.7 Å². The van der Waals surface area contributed by atoms with Crippen molar-refractivity contribution in [1.29, 1.82) is 0 Å². The van der Waals surface area contributed by atoms with Crippen LogP contribution in [0.25, 0.3) is 0 Å². The van der Waals surface area contributed by atoms with E-state index in [1.807, 2.05) is 12.1 Å². The smallest absolute Gasteiger partial charge is 0.128 e. The van der Waals surface area contributed by atoms with Gasteiger partial charge in [0.1, 0.15) is 5.75 Å². The van der Waals surface area contributed by atoms with E-state index < -0.39 is 0 Å². The van der Waals surface area contributed by atoms with E-state index in [-0.39, 0.29) is 0 Å². The van der Waals surface area contributed by atoms with Gasteiger partial charge in [-0.05, 0) is 44.2 Å². The van der Waals surface area contributed by atoms with E-state index >= 15 is 0 Å². The maximum atomic E-state index is 6.37. The zero-order chi connectivity index (χ0) is 11.8. The summed E-state index contributed by atoms with van der Waals surface area (Å²) in [7, 11) is 0. The first-order chi connectivity index (χ1) is 8.25. The molecule has 1 unspecified atom stereocenters. The molecule has 1 N–H and O–H groups in total. The molecule has 2 aliphatic rings. The van der Waals surface area contributed by atoms with Gasteiger partial charge in [-0.2, -0.15) is 0 Å². The Hall–Kier alpha value is -0.730. The van der Waals surface area contributed by atoms with Gasteiger partial charge >= 0.3 is 0 Å². The molecule has 3 heteroatoms. The molecule has 0 aromatic heterocycles. The number of rotatable bonds is 2. The largest absolute Gasteiger partial charge is 0.493 e. The second kappa shape index (κ2) is 4.51. The third-order valence-corrected chi connectivity index (χ3v) is 3.92. The summed E-state index contributed by atoms with van der Waals surface area (Å²) in [4.78, 5) is 0. The number of aryl methyl sites for hydroxylation is 1. The van der Waals surface area contributed by atoms with Gasteiger partial charge in [0.25, 0.3) is 0 Å². The predicted molar refractivity (Wildman–Crippen MR) is 69.8 cm³/mol. The quantitative estimate of drug-likeness (QED) is 0.867. The molecule has 2 nitrogen and oxygen atoms in total. The second-order valence-electron chi connectivity index (χ2n) is 5.09. The summed E-state index contributed by atoms with van der Waals surface area (Å²) >= 11 is 6.37. The summed E-state index contributed by atoms with van der Waals surface area (Å²) < 4.78 is 5.87. The summed E-state index contributed by atoms with van der Waals surface area (Å²) in [5, 5.41) is 4.53. The minimum atomic E-state index is 0.368. The third-order valence-electron chi connectivity index (χ3n) is 3.59. The average molecular weight is 252 g/mol. The van der Waals surface area contributed by atoms with Crippen molar-refractivity contribution in [3.8, 4) is 5.75 Å². The van der Waals surface area contributed by atoms with Gasteiger partial charge in [-0.15, -0.1) is 0 Å². The molecule has 17 heavy (non-hydrogen) atoms. The summed E-state index contributed by atoms with van der Waals surface area (Å²) in [5.41, 5.74) is 2.37. The van der Waals surface area contributed by atoms with Crippen molar-refractivity contribution in [2.24, 2.45) is 0 Å². The second-order valence-corrected chi connectivity index (χ2v) is 5.50. The fourth-order valence-electron chi connectivity index (χ4n) is 2.51. The van der Waals surface area contributed by atoms with E-state index in [2.05, 4.69) is 12.2 Å². The number of hydrogen-bond donors (Lipinski definition) is 1. The Morgan fingerprint density at radius 2 is 2.12 bits per heavy atom. The van der Waals surface area contributed by atoms with Crippen LogP contribution >= 0.6 is 11.6 Å². The van der Waals surface area contributed by atoms with Crippen LogP contribution in [0.2, 0.25) is 5.02 Å². The molecule has 0 amide bonds. The Morgan fingerprint density at radius 3 is 2.88 bits per heavy atom. The Balaban J connectivity index is 1.99. The monoisotopic (exact) mass is 251 g/mol. The summed E-state index contributed by atoms with van der Waals surface area (Å²) in [6.07, 6.45) is 4.81. The zero-order valence-corrected chi connectivity index (χ0v) is 10.9. The molecule has 0 saturated heterocycles. The Kier molecular flexibility index (Phi) is 3.01. The fraction of sp³-hybridized carbons (Fsp3) is 0.571. The number of ether oxygens (including phenoxy) is 1. The molecular weight excluding hydrogens is 234 g/mol. The molecule has 92 valence electrons. The predicted octanol–water partition coefficient (Wildman–Crippen LogP) is 3.61.